The van der Waals surface area contributed by atoms with E-state index in [4.69, 9.17) is 16.3 Å². The highest BCUT2D eigenvalue weighted by atomic mass is 35.5. The predicted octanol–water partition coefficient (Wildman–Crippen LogP) is 6.10. The third-order valence-electron chi connectivity index (χ3n) is 5.02. The van der Waals surface area contributed by atoms with Crippen LogP contribution in [0.2, 0.25) is 5.02 Å². The van der Waals surface area contributed by atoms with E-state index >= 15 is 0 Å². The first kappa shape index (κ1) is 22.9. The van der Waals surface area contributed by atoms with Crippen LogP contribution in [0.25, 0.3) is 11.4 Å². The van der Waals surface area contributed by atoms with Crippen molar-refractivity contribution in [2.45, 2.75) is 23.9 Å². The molecule has 1 atom stereocenters. The molecule has 0 aliphatic rings. The number of nitrogens with one attached hydrogen (secondary N) is 1. The Morgan fingerprint density at radius 3 is 2.58 bits per heavy atom. The average Bonchev–Trinajstić information content (AvgIpc) is 3.25. The zero-order valence-electron chi connectivity index (χ0n) is 18.2. The van der Waals surface area contributed by atoms with Gasteiger partial charge >= 0.3 is 0 Å². The number of methoxy groups -OCH3 is 1. The standard InChI is InChI=1S/C25H23ClN4O2S/c1-3-30-23(18-11-7-12-19(26)15-18)28-29-25(30)33-22(17-9-5-4-6-10-17)24(31)27-20-13-8-14-21(16-20)32-2/h4-16,22H,3H2,1-2H3,(H,27,31). The Kier molecular flexibility index (Phi) is 7.32. The van der Waals surface area contributed by atoms with Crippen LogP contribution in [-0.2, 0) is 11.3 Å². The van der Waals surface area contributed by atoms with Crippen LogP contribution in [0.4, 0.5) is 5.69 Å². The van der Waals surface area contributed by atoms with E-state index in [0.29, 0.717) is 34.0 Å². The Labute approximate surface area is 202 Å². The Morgan fingerprint density at radius 1 is 1.06 bits per heavy atom. The Hall–Kier alpha value is -3.29. The second-order valence-electron chi connectivity index (χ2n) is 7.19. The van der Waals surface area contributed by atoms with Crippen molar-refractivity contribution in [3.63, 3.8) is 0 Å². The smallest absolute Gasteiger partial charge is 0.242 e. The summed E-state index contributed by atoms with van der Waals surface area (Å²) >= 11 is 7.54. The van der Waals surface area contributed by atoms with Crippen LogP contribution in [-0.4, -0.2) is 27.8 Å². The maximum atomic E-state index is 13.4. The van der Waals surface area contributed by atoms with Gasteiger partial charge in [0, 0.05) is 28.9 Å². The Morgan fingerprint density at radius 2 is 1.85 bits per heavy atom. The number of ether oxygens (including phenoxy) is 1. The normalized spacial score (nSPS) is 11.7. The van der Waals surface area contributed by atoms with Gasteiger partial charge in [-0.2, -0.15) is 0 Å². The van der Waals surface area contributed by atoms with Gasteiger partial charge in [0.25, 0.3) is 0 Å². The molecule has 33 heavy (non-hydrogen) atoms. The highest BCUT2D eigenvalue weighted by Gasteiger charge is 2.26. The van der Waals surface area contributed by atoms with Gasteiger partial charge in [0.05, 0.1) is 7.11 Å². The number of thioether (sulfide) groups is 1. The predicted molar refractivity (Wildman–Crippen MR) is 133 cm³/mol. The first-order valence-electron chi connectivity index (χ1n) is 10.4. The summed E-state index contributed by atoms with van der Waals surface area (Å²) in [6.07, 6.45) is 0. The summed E-state index contributed by atoms with van der Waals surface area (Å²) in [7, 11) is 1.60. The topological polar surface area (TPSA) is 69.0 Å². The number of nitrogens with zero attached hydrogens (tertiary/aromatic N) is 3. The van der Waals surface area contributed by atoms with Crippen molar-refractivity contribution >= 4 is 35.0 Å². The average molecular weight is 479 g/mol. The maximum Gasteiger partial charge on any atom is 0.242 e. The largest absolute Gasteiger partial charge is 0.497 e. The third-order valence-corrected chi connectivity index (χ3v) is 6.49. The molecule has 0 aliphatic carbocycles. The lowest BCUT2D eigenvalue weighted by atomic mass is 10.1. The van der Waals surface area contributed by atoms with Crippen LogP contribution in [0, 0.1) is 0 Å². The molecule has 4 aromatic rings. The molecule has 6 nitrogen and oxygen atoms in total. The quantitative estimate of drug-likeness (QED) is 0.310. The van der Waals surface area contributed by atoms with Crippen molar-refractivity contribution in [1.82, 2.24) is 14.8 Å². The monoisotopic (exact) mass is 478 g/mol. The molecule has 0 radical (unpaired) electrons. The first-order valence-corrected chi connectivity index (χ1v) is 11.7. The second kappa shape index (κ2) is 10.6. The maximum absolute atomic E-state index is 13.4. The minimum atomic E-state index is -0.529. The van der Waals surface area contributed by atoms with Gasteiger partial charge < -0.3 is 14.6 Å². The minimum Gasteiger partial charge on any atom is -0.497 e. The molecule has 1 heterocycles. The summed E-state index contributed by atoms with van der Waals surface area (Å²) in [6, 6.07) is 24.4. The number of aromatic nitrogens is 3. The van der Waals surface area contributed by atoms with E-state index in [1.807, 2.05) is 84.3 Å². The van der Waals surface area contributed by atoms with Crippen LogP contribution in [0.1, 0.15) is 17.7 Å². The summed E-state index contributed by atoms with van der Waals surface area (Å²) in [5.41, 5.74) is 2.41. The lowest BCUT2D eigenvalue weighted by molar-refractivity contribution is -0.115. The number of rotatable bonds is 8. The van der Waals surface area contributed by atoms with E-state index in [9.17, 15) is 4.79 Å². The highest BCUT2D eigenvalue weighted by molar-refractivity contribution is 8.00. The lowest BCUT2D eigenvalue weighted by Crippen LogP contribution is -2.19. The van der Waals surface area contributed by atoms with Gasteiger partial charge in [0.15, 0.2) is 11.0 Å². The van der Waals surface area contributed by atoms with E-state index in [2.05, 4.69) is 15.5 Å². The molecule has 3 aromatic carbocycles. The molecule has 1 unspecified atom stereocenters. The summed E-state index contributed by atoms with van der Waals surface area (Å²) < 4.78 is 7.26. The van der Waals surface area contributed by atoms with E-state index in [1.54, 1.807) is 13.2 Å². The van der Waals surface area contributed by atoms with Gasteiger partial charge in [0.1, 0.15) is 11.0 Å². The molecule has 0 bridgehead atoms. The van der Waals surface area contributed by atoms with Gasteiger partial charge in [-0.25, -0.2) is 0 Å². The molecule has 4 rings (SSSR count). The molecule has 168 valence electrons. The Balaban J connectivity index is 1.66. The zero-order chi connectivity index (χ0) is 23.2. The van der Waals surface area contributed by atoms with Gasteiger partial charge in [-0.1, -0.05) is 71.9 Å². The molecule has 0 saturated carbocycles. The number of halogens is 1. The molecule has 1 amide bonds. The van der Waals surface area contributed by atoms with E-state index in [0.717, 1.165) is 11.1 Å². The highest BCUT2D eigenvalue weighted by Crippen LogP contribution is 2.37. The second-order valence-corrected chi connectivity index (χ2v) is 8.70. The van der Waals surface area contributed by atoms with E-state index < -0.39 is 5.25 Å². The number of benzene rings is 3. The van der Waals surface area contributed by atoms with Crippen molar-refractivity contribution in [1.29, 1.82) is 0 Å². The van der Waals surface area contributed by atoms with Crippen LogP contribution >= 0.6 is 23.4 Å². The zero-order valence-corrected chi connectivity index (χ0v) is 19.8. The van der Waals surface area contributed by atoms with Crippen molar-refractivity contribution < 1.29 is 9.53 Å². The molecular weight excluding hydrogens is 456 g/mol. The van der Waals surface area contributed by atoms with E-state index in [1.165, 1.54) is 11.8 Å². The molecule has 8 heteroatoms. The van der Waals surface area contributed by atoms with Gasteiger partial charge in [0.2, 0.25) is 5.91 Å². The van der Waals surface area contributed by atoms with Crippen molar-refractivity contribution in [3.05, 3.63) is 89.4 Å². The number of hydrogen-bond acceptors (Lipinski definition) is 5. The van der Waals surface area contributed by atoms with Crippen molar-refractivity contribution in [3.8, 4) is 17.1 Å². The summed E-state index contributed by atoms with van der Waals surface area (Å²) in [5.74, 6) is 1.23. The molecule has 0 spiro atoms. The van der Waals surface area contributed by atoms with Crippen molar-refractivity contribution in [2.75, 3.05) is 12.4 Å². The van der Waals surface area contributed by atoms with Crippen LogP contribution in [0.5, 0.6) is 5.75 Å². The fourth-order valence-corrected chi connectivity index (χ4v) is 4.71. The SMILES string of the molecule is CCn1c(SC(C(=O)Nc2cccc(OC)c2)c2ccccc2)nnc1-c1cccc(Cl)c1. The van der Waals surface area contributed by atoms with Crippen molar-refractivity contribution in [2.24, 2.45) is 0 Å². The summed E-state index contributed by atoms with van der Waals surface area (Å²) in [6.45, 7) is 2.67. The van der Waals surface area contributed by atoms with Gasteiger partial charge in [-0.3, -0.25) is 4.79 Å². The minimum absolute atomic E-state index is 0.158. The number of amides is 1. The number of anilines is 1. The lowest BCUT2D eigenvalue weighted by Gasteiger charge is -2.17. The Bertz CT molecular complexity index is 1250. The molecular formula is C25H23ClN4O2S. The summed E-state index contributed by atoms with van der Waals surface area (Å²) in [5, 5.41) is 12.6. The summed E-state index contributed by atoms with van der Waals surface area (Å²) in [4.78, 5) is 13.4. The van der Waals surface area contributed by atoms with E-state index in [-0.39, 0.29) is 5.91 Å². The number of hydrogen-bond donors (Lipinski definition) is 1. The molecule has 0 aliphatic heterocycles. The fraction of sp³-hybridized carbons (Fsp3) is 0.160. The molecule has 1 aromatic heterocycles. The van der Waals surface area contributed by atoms with Gasteiger partial charge in [-0.15, -0.1) is 10.2 Å². The van der Waals surface area contributed by atoms with Crippen LogP contribution in [0.3, 0.4) is 0 Å². The fourth-order valence-electron chi connectivity index (χ4n) is 3.42. The number of carbonyl (C=O) groups excluding carboxylic acids is 1. The molecule has 1 N–H and O–H groups in total. The molecule has 0 saturated heterocycles. The van der Waals surface area contributed by atoms with Gasteiger partial charge in [-0.05, 0) is 36.8 Å². The first-order chi connectivity index (χ1) is 16.1. The third kappa shape index (κ3) is 5.38. The number of carbonyl (C=O) groups is 1. The van der Waals surface area contributed by atoms with Crippen LogP contribution in [0.15, 0.2) is 84.0 Å². The van der Waals surface area contributed by atoms with Crippen LogP contribution < -0.4 is 10.1 Å². The molecule has 0 fully saturated rings.